The van der Waals surface area contributed by atoms with Crippen LogP contribution in [0.25, 0.3) is 16.7 Å². The van der Waals surface area contributed by atoms with Crippen molar-refractivity contribution in [3.8, 4) is 16.9 Å². The molecule has 1 saturated heterocycles. The zero-order valence-corrected chi connectivity index (χ0v) is 26.9. The van der Waals surface area contributed by atoms with E-state index in [1.165, 1.54) is 31.1 Å². The topological polar surface area (TPSA) is 78.9 Å². The summed E-state index contributed by atoms with van der Waals surface area (Å²) in [5.41, 5.74) is 1.49. The molecule has 1 amide bonds. The molecule has 1 aliphatic carbocycles. The van der Waals surface area contributed by atoms with Gasteiger partial charge in [-0.15, -0.1) is 0 Å². The van der Waals surface area contributed by atoms with E-state index >= 15 is 0 Å². The number of carbonyl (C=O) groups is 2. The van der Waals surface area contributed by atoms with Crippen LogP contribution in [0, 0.1) is 12.3 Å². The number of alkyl halides is 6. The fourth-order valence-corrected chi connectivity index (χ4v) is 6.58. The van der Waals surface area contributed by atoms with Crippen molar-refractivity contribution in [2.45, 2.75) is 71.5 Å². The Balaban J connectivity index is 1.56. The number of allylic oxidation sites excluding steroid dienone is 1. The maximum atomic E-state index is 13.6. The third-order valence-corrected chi connectivity index (χ3v) is 9.17. The van der Waals surface area contributed by atoms with Gasteiger partial charge in [0.05, 0.1) is 30.2 Å². The SMILES string of the molecule is COc1cc(C)c(-c2ccc(C(=O)[O-])cc2)cc1C1=C(CN2C(=O)O[C@H](c3cc(C(F)(F)F)cc(C(F)(F)F)c3)[C@@H]2C)CC(C)(C)CC1. The van der Waals surface area contributed by atoms with Gasteiger partial charge < -0.3 is 19.4 Å². The predicted octanol–water partition coefficient (Wildman–Crippen LogP) is 8.62. The average molecular weight is 675 g/mol. The number of hydrogen-bond donors (Lipinski definition) is 0. The van der Waals surface area contributed by atoms with E-state index in [0.29, 0.717) is 30.7 Å². The second-order valence-corrected chi connectivity index (χ2v) is 13.2. The summed E-state index contributed by atoms with van der Waals surface area (Å²) in [4.78, 5) is 25.9. The molecule has 0 spiro atoms. The van der Waals surface area contributed by atoms with Crippen LogP contribution in [0.2, 0.25) is 0 Å². The number of amides is 1. The molecule has 1 heterocycles. The van der Waals surface area contributed by atoms with Gasteiger partial charge in [0.2, 0.25) is 0 Å². The lowest BCUT2D eigenvalue weighted by Crippen LogP contribution is -2.35. The molecule has 0 saturated carbocycles. The van der Waals surface area contributed by atoms with Crippen LogP contribution in [0.5, 0.6) is 5.75 Å². The highest BCUT2D eigenvalue weighted by molar-refractivity contribution is 5.87. The standard InChI is InChI=1S/C36H35F6NO5/c1-19-12-30(47-5)29(16-28(19)21-6-8-22(9-7-21)32(44)45)27-10-11-34(3,4)17-24(27)18-43-20(2)31(48-33(43)46)23-13-25(35(37,38)39)15-26(14-23)36(40,41)42/h6-9,12-16,20,31H,10-11,17-18H2,1-5H3,(H,44,45)/p-1/t20-,31-/m0/s1. The molecule has 3 aromatic rings. The molecule has 0 radical (unpaired) electrons. The summed E-state index contributed by atoms with van der Waals surface area (Å²) < 4.78 is 92.9. The largest absolute Gasteiger partial charge is 0.545 e. The van der Waals surface area contributed by atoms with Crippen LogP contribution >= 0.6 is 0 Å². The summed E-state index contributed by atoms with van der Waals surface area (Å²) in [6.07, 6.45) is -10.4. The molecule has 0 aromatic heterocycles. The van der Waals surface area contributed by atoms with Crippen LogP contribution < -0.4 is 9.84 Å². The van der Waals surface area contributed by atoms with Crippen molar-refractivity contribution in [3.05, 3.63) is 93.6 Å². The first-order valence-electron chi connectivity index (χ1n) is 15.3. The van der Waals surface area contributed by atoms with Crippen LogP contribution in [0.3, 0.4) is 0 Å². The summed E-state index contributed by atoms with van der Waals surface area (Å²) >= 11 is 0. The molecule has 48 heavy (non-hydrogen) atoms. The Bertz CT molecular complexity index is 1740. The molecule has 0 unspecified atom stereocenters. The van der Waals surface area contributed by atoms with Gasteiger partial charge in [0.25, 0.3) is 0 Å². The molecular formula is C36H34F6NO5-. The normalized spacial score (nSPS) is 19.8. The molecular weight excluding hydrogens is 640 g/mol. The molecule has 2 aliphatic rings. The zero-order valence-electron chi connectivity index (χ0n) is 26.9. The van der Waals surface area contributed by atoms with Crippen LogP contribution in [0.1, 0.15) is 84.3 Å². The van der Waals surface area contributed by atoms with E-state index in [2.05, 4.69) is 13.8 Å². The highest BCUT2D eigenvalue weighted by Crippen LogP contribution is 2.47. The first-order chi connectivity index (χ1) is 22.3. The lowest BCUT2D eigenvalue weighted by molar-refractivity contribution is -0.255. The molecule has 0 N–H and O–H groups in total. The summed E-state index contributed by atoms with van der Waals surface area (Å²) in [5, 5.41) is 11.3. The number of carboxylic acid groups (broad SMARTS) is 1. The van der Waals surface area contributed by atoms with E-state index < -0.39 is 53.3 Å². The Hall–Kier alpha value is -4.48. The second-order valence-electron chi connectivity index (χ2n) is 13.2. The van der Waals surface area contributed by atoms with Gasteiger partial charge in [-0.05, 0) is 108 Å². The Kier molecular flexibility index (Phi) is 9.09. The number of methoxy groups -OCH3 is 1. The van der Waals surface area contributed by atoms with Crippen molar-refractivity contribution < 1.29 is 50.5 Å². The van der Waals surface area contributed by atoms with E-state index in [1.807, 2.05) is 19.1 Å². The first kappa shape index (κ1) is 34.8. The molecule has 1 aliphatic heterocycles. The maximum absolute atomic E-state index is 13.6. The number of aromatic carboxylic acids is 1. The van der Waals surface area contributed by atoms with Crippen molar-refractivity contribution in [2.75, 3.05) is 13.7 Å². The highest BCUT2D eigenvalue weighted by atomic mass is 19.4. The Labute approximate surface area is 274 Å². The van der Waals surface area contributed by atoms with Gasteiger partial charge in [0.15, 0.2) is 0 Å². The van der Waals surface area contributed by atoms with Gasteiger partial charge in [-0.2, -0.15) is 26.3 Å². The second kappa shape index (κ2) is 12.5. The lowest BCUT2D eigenvalue weighted by atomic mass is 9.72. The number of halogens is 6. The third kappa shape index (κ3) is 7.02. The molecule has 1 fully saturated rings. The number of carboxylic acids is 1. The van der Waals surface area contributed by atoms with Crippen molar-refractivity contribution in [2.24, 2.45) is 5.41 Å². The number of aryl methyl sites for hydroxylation is 1. The van der Waals surface area contributed by atoms with Crippen LogP contribution in [0.4, 0.5) is 31.1 Å². The van der Waals surface area contributed by atoms with Crippen molar-refractivity contribution in [1.82, 2.24) is 4.90 Å². The third-order valence-electron chi connectivity index (χ3n) is 9.17. The predicted molar refractivity (Wildman–Crippen MR) is 164 cm³/mol. The van der Waals surface area contributed by atoms with Crippen LogP contribution in [-0.2, 0) is 17.1 Å². The zero-order chi connectivity index (χ0) is 35.3. The number of cyclic esters (lactones) is 1. The van der Waals surface area contributed by atoms with Crippen molar-refractivity contribution in [3.63, 3.8) is 0 Å². The van der Waals surface area contributed by atoms with Gasteiger partial charge in [-0.3, -0.25) is 4.90 Å². The van der Waals surface area contributed by atoms with E-state index in [-0.39, 0.29) is 23.6 Å². The average Bonchev–Trinajstić information content (AvgIpc) is 3.28. The molecule has 12 heteroatoms. The van der Waals surface area contributed by atoms with Gasteiger partial charge in [-0.1, -0.05) is 38.1 Å². The number of nitrogens with zero attached hydrogens (tertiary/aromatic N) is 1. The maximum Gasteiger partial charge on any atom is 0.416 e. The lowest BCUT2D eigenvalue weighted by Gasteiger charge is -2.36. The number of benzene rings is 3. The van der Waals surface area contributed by atoms with E-state index in [0.717, 1.165) is 39.8 Å². The molecule has 3 aromatic carbocycles. The number of ether oxygens (including phenoxy) is 2. The van der Waals surface area contributed by atoms with Gasteiger partial charge in [0, 0.05) is 12.1 Å². The Morgan fingerprint density at radius 3 is 2.12 bits per heavy atom. The molecule has 2 atom stereocenters. The monoisotopic (exact) mass is 674 g/mol. The fraction of sp³-hybridized carbons (Fsp3) is 0.389. The van der Waals surface area contributed by atoms with Crippen molar-refractivity contribution >= 4 is 17.6 Å². The van der Waals surface area contributed by atoms with Crippen molar-refractivity contribution in [1.29, 1.82) is 0 Å². The summed E-state index contributed by atoms with van der Waals surface area (Å²) in [5.74, 6) is -0.715. The number of hydrogen-bond acceptors (Lipinski definition) is 5. The molecule has 256 valence electrons. The highest BCUT2D eigenvalue weighted by Gasteiger charge is 2.44. The van der Waals surface area contributed by atoms with E-state index in [4.69, 9.17) is 9.47 Å². The summed E-state index contributed by atoms with van der Waals surface area (Å²) in [7, 11) is 1.54. The quantitative estimate of drug-likeness (QED) is 0.235. The van der Waals surface area contributed by atoms with Gasteiger partial charge in [-0.25, -0.2) is 4.79 Å². The molecule has 0 bridgehead atoms. The van der Waals surface area contributed by atoms with Gasteiger partial charge in [0.1, 0.15) is 11.9 Å². The van der Waals surface area contributed by atoms with E-state index in [1.54, 1.807) is 12.1 Å². The summed E-state index contributed by atoms with van der Waals surface area (Å²) in [6, 6.07) is 10.5. The minimum absolute atomic E-state index is 0.0347. The van der Waals surface area contributed by atoms with Crippen LogP contribution in [0.15, 0.2) is 60.2 Å². The Morgan fingerprint density at radius 1 is 0.979 bits per heavy atom. The minimum Gasteiger partial charge on any atom is -0.545 e. The molecule has 5 rings (SSSR count). The summed E-state index contributed by atoms with van der Waals surface area (Å²) in [6.45, 7) is 7.63. The van der Waals surface area contributed by atoms with Crippen LogP contribution in [-0.4, -0.2) is 36.7 Å². The minimum atomic E-state index is -5.05. The smallest absolute Gasteiger partial charge is 0.416 e. The van der Waals surface area contributed by atoms with Gasteiger partial charge >= 0.3 is 18.4 Å². The fourth-order valence-electron chi connectivity index (χ4n) is 6.58. The van der Waals surface area contributed by atoms with E-state index in [9.17, 15) is 41.0 Å². The first-order valence-corrected chi connectivity index (χ1v) is 15.3. The molecule has 6 nitrogen and oxygen atoms in total. The number of rotatable bonds is 7. The number of carbonyl (C=O) groups excluding carboxylic acids is 2. The Morgan fingerprint density at radius 2 is 1.58 bits per heavy atom.